The first kappa shape index (κ1) is 24.3. The van der Waals surface area contributed by atoms with Crippen molar-refractivity contribution in [3.8, 4) is 5.75 Å². The average molecular weight is 436 g/mol. The SMILES string of the molecule is COc1ccc(C)cc1CC(=O)N[C@H](C(=O)NC(CC(=O)O)C(=O)CF)C1CCCC1. The maximum Gasteiger partial charge on any atom is 0.305 e. The Morgan fingerprint density at radius 3 is 2.45 bits per heavy atom. The fourth-order valence-electron chi connectivity index (χ4n) is 3.91. The zero-order chi connectivity index (χ0) is 23.0. The van der Waals surface area contributed by atoms with Gasteiger partial charge in [-0.1, -0.05) is 30.5 Å². The largest absolute Gasteiger partial charge is 0.496 e. The first-order valence-electron chi connectivity index (χ1n) is 10.3. The molecule has 31 heavy (non-hydrogen) atoms. The fraction of sp³-hybridized carbons (Fsp3) is 0.545. The first-order chi connectivity index (χ1) is 14.7. The standard InChI is InChI=1S/C22H29FN2O6/c1-13-7-8-18(31-2)15(9-13)10-19(27)25-21(14-5-3-4-6-14)22(30)24-16(11-20(28)29)17(26)12-23/h7-9,14,16,21H,3-6,10-12H2,1-2H3,(H,24,30)(H,25,27)(H,28,29)/t16?,21-/m0/s1. The number of carbonyl (C=O) groups excluding carboxylic acids is 3. The third-order valence-electron chi connectivity index (χ3n) is 5.47. The number of ketones is 1. The van der Waals surface area contributed by atoms with Gasteiger partial charge in [0.2, 0.25) is 11.8 Å². The van der Waals surface area contributed by atoms with Crippen LogP contribution in [0, 0.1) is 12.8 Å². The van der Waals surface area contributed by atoms with E-state index in [1.165, 1.54) is 7.11 Å². The minimum Gasteiger partial charge on any atom is -0.496 e. The van der Waals surface area contributed by atoms with Crippen LogP contribution in [0.25, 0.3) is 0 Å². The molecule has 0 bridgehead atoms. The molecule has 0 spiro atoms. The van der Waals surface area contributed by atoms with E-state index in [9.17, 15) is 23.6 Å². The molecule has 2 amide bonds. The predicted octanol–water partition coefficient (Wildman–Crippen LogP) is 1.72. The fourth-order valence-corrected chi connectivity index (χ4v) is 3.91. The first-order valence-corrected chi connectivity index (χ1v) is 10.3. The van der Waals surface area contributed by atoms with Crippen molar-refractivity contribution < 1.29 is 33.4 Å². The number of halogens is 1. The van der Waals surface area contributed by atoms with E-state index in [1.807, 2.05) is 19.1 Å². The van der Waals surface area contributed by atoms with Crippen molar-refractivity contribution in [2.45, 2.75) is 57.5 Å². The number of hydrogen-bond donors (Lipinski definition) is 3. The number of amides is 2. The molecular weight excluding hydrogens is 407 g/mol. The Hall–Kier alpha value is -2.97. The molecule has 0 heterocycles. The van der Waals surface area contributed by atoms with Crippen LogP contribution in [0.15, 0.2) is 18.2 Å². The molecule has 1 aromatic carbocycles. The second-order valence-corrected chi connectivity index (χ2v) is 7.84. The molecule has 8 nitrogen and oxygen atoms in total. The van der Waals surface area contributed by atoms with Gasteiger partial charge in [0.25, 0.3) is 0 Å². The van der Waals surface area contributed by atoms with Gasteiger partial charge in [-0.15, -0.1) is 0 Å². The number of carboxylic acids is 1. The molecule has 1 aliphatic rings. The van der Waals surface area contributed by atoms with Gasteiger partial charge in [0, 0.05) is 5.56 Å². The van der Waals surface area contributed by atoms with Gasteiger partial charge in [-0.3, -0.25) is 19.2 Å². The third-order valence-corrected chi connectivity index (χ3v) is 5.47. The number of aliphatic carboxylic acids is 1. The van der Waals surface area contributed by atoms with E-state index in [4.69, 9.17) is 9.84 Å². The van der Waals surface area contributed by atoms with Crippen LogP contribution in [-0.2, 0) is 25.6 Å². The van der Waals surface area contributed by atoms with Crippen LogP contribution in [0.1, 0.15) is 43.2 Å². The molecule has 1 saturated carbocycles. The molecular formula is C22H29FN2O6. The summed E-state index contributed by atoms with van der Waals surface area (Å²) in [7, 11) is 1.51. The molecule has 2 atom stereocenters. The van der Waals surface area contributed by atoms with E-state index >= 15 is 0 Å². The maximum atomic E-state index is 12.9. The Bertz CT molecular complexity index is 822. The molecule has 1 aromatic rings. The minimum absolute atomic E-state index is 0.0106. The number of carbonyl (C=O) groups is 4. The second kappa shape index (κ2) is 11.4. The van der Waals surface area contributed by atoms with Gasteiger partial charge >= 0.3 is 5.97 Å². The summed E-state index contributed by atoms with van der Waals surface area (Å²) in [6.07, 6.45) is 2.50. The summed E-state index contributed by atoms with van der Waals surface area (Å²) < 4.78 is 18.1. The summed E-state index contributed by atoms with van der Waals surface area (Å²) in [6, 6.07) is 3.03. The number of rotatable bonds is 11. The normalized spacial score (nSPS) is 15.7. The number of benzene rings is 1. The Labute approximate surface area is 180 Å². The highest BCUT2D eigenvalue weighted by molar-refractivity contribution is 5.95. The highest BCUT2D eigenvalue weighted by Gasteiger charge is 2.34. The van der Waals surface area contributed by atoms with E-state index in [2.05, 4.69) is 10.6 Å². The van der Waals surface area contributed by atoms with E-state index in [0.717, 1.165) is 18.4 Å². The average Bonchev–Trinajstić information content (AvgIpc) is 3.25. The van der Waals surface area contributed by atoms with Crippen LogP contribution in [0.4, 0.5) is 4.39 Å². The molecule has 0 aliphatic heterocycles. The Kier molecular flexibility index (Phi) is 8.96. The lowest BCUT2D eigenvalue weighted by Crippen LogP contribution is -2.55. The van der Waals surface area contributed by atoms with Gasteiger partial charge in [0.15, 0.2) is 5.78 Å². The van der Waals surface area contributed by atoms with Crippen molar-refractivity contribution in [3.63, 3.8) is 0 Å². The van der Waals surface area contributed by atoms with Crippen molar-refractivity contribution >= 4 is 23.6 Å². The number of nitrogens with one attached hydrogen (secondary N) is 2. The Morgan fingerprint density at radius 2 is 1.87 bits per heavy atom. The number of carboxylic acid groups (broad SMARTS) is 1. The van der Waals surface area contributed by atoms with Crippen LogP contribution < -0.4 is 15.4 Å². The molecule has 9 heteroatoms. The summed E-state index contributed by atoms with van der Waals surface area (Å²) >= 11 is 0. The Morgan fingerprint density at radius 1 is 1.19 bits per heavy atom. The van der Waals surface area contributed by atoms with Crippen LogP contribution in [-0.4, -0.2) is 54.5 Å². The van der Waals surface area contributed by atoms with Crippen LogP contribution in [0.3, 0.4) is 0 Å². The van der Waals surface area contributed by atoms with Gasteiger partial charge in [0.1, 0.15) is 24.5 Å². The van der Waals surface area contributed by atoms with E-state index in [0.29, 0.717) is 24.2 Å². The van der Waals surface area contributed by atoms with Gasteiger partial charge in [0.05, 0.1) is 20.0 Å². The highest BCUT2D eigenvalue weighted by Crippen LogP contribution is 2.28. The van der Waals surface area contributed by atoms with E-state index in [-0.39, 0.29) is 12.3 Å². The third kappa shape index (κ3) is 7.04. The van der Waals surface area contributed by atoms with Crippen molar-refractivity contribution in [2.24, 2.45) is 5.92 Å². The van der Waals surface area contributed by atoms with Gasteiger partial charge in [-0.25, -0.2) is 4.39 Å². The van der Waals surface area contributed by atoms with Crippen LogP contribution in [0.5, 0.6) is 5.75 Å². The Balaban J connectivity index is 2.15. The molecule has 3 N–H and O–H groups in total. The number of ether oxygens (including phenoxy) is 1. The van der Waals surface area contributed by atoms with Gasteiger partial charge < -0.3 is 20.5 Å². The number of Topliss-reactive ketones (excluding diaryl/α,β-unsaturated/α-hetero) is 1. The number of hydrogen-bond acceptors (Lipinski definition) is 5. The van der Waals surface area contributed by atoms with E-state index in [1.54, 1.807) is 6.07 Å². The van der Waals surface area contributed by atoms with Crippen LogP contribution in [0.2, 0.25) is 0 Å². The molecule has 0 aromatic heterocycles. The van der Waals surface area contributed by atoms with E-state index < -0.39 is 48.7 Å². The smallest absolute Gasteiger partial charge is 0.305 e. The monoisotopic (exact) mass is 436 g/mol. The zero-order valence-electron chi connectivity index (χ0n) is 17.8. The van der Waals surface area contributed by atoms with Crippen molar-refractivity contribution in [1.29, 1.82) is 0 Å². The molecule has 0 saturated heterocycles. The highest BCUT2D eigenvalue weighted by atomic mass is 19.1. The summed E-state index contributed by atoms with van der Waals surface area (Å²) in [6.45, 7) is 0.506. The number of methoxy groups -OCH3 is 1. The van der Waals surface area contributed by atoms with Crippen molar-refractivity contribution in [2.75, 3.05) is 13.8 Å². The zero-order valence-corrected chi connectivity index (χ0v) is 17.8. The summed E-state index contributed by atoms with van der Waals surface area (Å²) in [4.78, 5) is 48.4. The second-order valence-electron chi connectivity index (χ2n) is 7.84. The van der Waals surface area contributed by atoms with Crippen molar-refractivity contribution in [3.05, 3.63) is 29.3 Å². The summed E-state index contributed by atoms with van der Waals surface area (Å²) in [5, 5.41) is 14.0. The molecule has 1 fully saturated rings. The molecule has 2 rings (SSSR count). The molecule has 1 unspecified atom stereocenters. The number of aryl methyl sites for hydroxylation is 1. The lowest BCUT2D eigenvalue weighted by atomic mass is 9.96. The lowest BCUT2D eigenvalue weighted by molar-refractivity contribution is -0.141. The minimum atomic E-state index is -1.48. The summed E-state index contributed by atoms with van der Waals surface area (Å²) in [5.74, 6) is -3.02. The van der Waals surface area contributed by atoms with Crippen LogP contribution >= 0.6 is 0 Å². The number of alkyl halides is 1. The summed E-state index contributed by atoms with van der Waals surface area (Å²) in [5.41, 5.74) is 1.62. The van der Waals surface area contributed by atoms with Gasteiger partial charge in [-0.05, 0) is 31.7 Å². The van der Waals surface area contributed by atoms with Gasteiger partial charge in [-0.2, -0.15) is 0 Å². The van der Waals surface area contributed by atoms with Crippen molar-refractivity contribution in [1.82, 2.24) is 10.6 Å². The maximum absolute atomic E-state index is 12.9. The predicted molar refractivity (Wildman–Crippen MR) is 110 cm³/mol. The molecule has 1 aliphatic carbocycles. The molecule has 170 valence electrons. The topological polar surface area (TPSA) is 122 Å². The molecule has 0 radical (unpaired) electrons. The lowest BCUT2D eigenvalue weighted by Gasteiger charge is -2.26. The quantitative estimate of drug-likeness (QED) is 0.486.